The van der Waals surface area contributed by atoms with E-state index in [9.17, 15) is 19.1 Å². The van der Waals surface area contributed by atoms with Crippen molar-refractivity contribution in [3.05, 3.63) is 92.4 Å². The molecule has 4 N–H and O–H groups in total. The minimum absolute atomic E-state index is 0.0179. The zero-order chi connectivity index (χ0) is 20.1. The molecule has 3 rings (SSSR count). The molecule has 0 aliphatic heterocycles. The van der Waals surface area contributed by atoms with Crippen LogP contribution < -0.4 is 21.9 Å². The SMILES string of the molecule is Nc1c(N(CCO)Cc2ccccc2F)c(=O)[nH]c(=O)n1Cc1ccccc1. The molecule has 1 heterocycles. The Morgan fingerprint density at radius 2 is 1.75 bits per heavy atom. The summed E-state index contributed by atoms with van der Waals surface area (Å²) in [5.41, 5.74) is 6.06. The molecule has 0 spiro atoms. The summed E-state index contributed by atoms with van der Waals surface area (Å²) in [6, 6.07) is 15.3. The molecule has 0 saturated carbocycles. The summed E-state index contributed by atoms with van der Waals surface area (Å²) in [7, 11) is 0. The lowest BCUT2D eigenvalue weighted by atomic mass is 10.2. The Morgan fingerprint density at radius 3 is 2.43 bits per heavy atom. The van der Waals surface area contributed by atoms with Crippen molar-refractivity contribution in [2.24, 2.45) is 0 Å². The Hall–Kier alpha value is -3.39. The standard InChI is InChI=1S/C20H21FN4O3/c21-16-9-5-4-8-15(16)13-24(10-11-26)17-18(22)25(20(28)23-19(17)27)12-14-6-2-1-3-7-14/h1-9,26H,10-13,22H2,(H,23,27,28). The van der Waals surface area contributed by atoms with Gasteiger partial charge < -0.3 is 15.7 Å². The molecule has 0 aliphatic carbocycles. The number of anilines is 2. The fourth-order valence-electron chi connectivity index (χ4n) is 3.03. The van der Waals surface area contributed by atoms with E-state index in [1.807, 2.05) is 30.3 Å². The molecule has 0 unspecified atom stereocenters. The number of hydrogen-bond acceptors (Lipinski definition) is 5. The van der Waals surface area contributed by atoms with Gasteiger partial charge in [0.05, 0.1) is 13.2 Å². The Labute approximate surface area is 160 Å². The van der Waals surface area contributed by atoms with Crippen LogP contribution in [0.5, 0.6) is 0 Å². The molecular formula is C20H21FN4O3. The van der Waals surface area contributed by atoms with Gasteiger partial charge >= 0.3 is 5.69 Å². The molecule has 3 aromatic rings. The molecule has 0 radical (unpaired) electrons. The normalized spacial score (nSPS) is 10.8. The second-order valence-electron chi connectivity index (χ2n) is 6.30. The lowest BCUT2D eigenvalue weighted by Gasteiger charge is -2.25. The average Bonchev–Trinajstić information content (AvgIpc) is 2.68. The number of benzene rings is 2. The molecule has 2 aromatic carbocycles. The van der Waals surface area contributed by atoms with E-state index in [0.29, 0.717) is 5.56 Å². The Kier molecular flexibility index (Phi) is 5.90. The van der Waals surface area contributed by atoms with Crippen molar-refractivity contribution in [3.8, 4) is 0 Å². The number of hydrogen-bond donors (Lipinski definition) is 3. The first-order valence-corrected chi connectivity index (χ1v) is 8.77. The van der Waals surface area contributed by atoms with Crippen LogP contribution >= 0.6 is 0 Å². The third-order valence-corrected chi connectivity index (χ3v) is 4.40. The first kappa shape index (κ1) is 19.4. The van der Waals surface area contributed by atoms with Crippen LogP contribution in [0, 0.1) is 5.82 Å². The molecule has 0 bridgehead atoms. The largest absolute Gasteiger partial charge is 0.395 e. The number of aliphatic hydroxyl groups excluding tert-OH is 1. The predicted octanol–water partition coefficient (Wildman–Crippen LogP) is 1.31. The van der Waals surface area contributed by atoms with Crippen LogP contribution in [0.15, 0.2) is 64.2 Å². The van der Waals surface area contributed by atoms with E-state index < -0.39 is 17.1 Å². The highest BCUT2D eigenvalue weighted by molar-refractivity contribution is 5.62. The summed E-state index contributed by atoms with van der Waals surface area (Å²) >= 11 is 0. The number of nitrogens with two attached hydrogens (primary N) is 1. The van der Waals surface area contributed by atoms with E-state index >= 15 is 0 Å². The number of aromatic amines is 1. The highest BCUT2D eigenvalue weighted by Crippen LogP contribution is 2.20. The molecule has 0 atom stereocenters. The maximum Gasteiger partial charge on any atom is 0.330 e. The maximum atomic E-state index is 14.1. The number of halogens is 1. The third-order valence-electron chi connectivity index (χ3n) is 4.40. The zero-order valence-corrected chi connectivity index (χ0v) is 15.1. The number of nitrogens with one attached hydrogen (secondary N) is 1. The number of aromatic nitrogens is 2. The molecule has 7 nitrogen and oxygen atoms in total. The van der Waals surface area contributed by atoms with E-state index in [1.54, 1.807) is 18.2 Å². The van der Waals surface area contributed by atoms with E-state index in [4.69, 9.17) is 5.73 Å². The van der Waals surface area contributed by atoms with Gasteiger partial charge in [-0.25, -0.2) is 9.18 Å². The van der Waals surface area contributed by atoms with Crippen LogP contribution in [0.2, 0.25) is 0 Å². The quantitative estimate of drug-likeness (QED) is 0.570. The summed E-state index contributed by atoms with van der Waals surface area (Å²) in [5, 5.41) is 9.43. The Morgan fingerprint density at radius 1 is 1.07 bits per heavy atom. The van der Waals surface area contributed by atoms with Crippen LogP contribution in [0.4, 0.5) is 15.9 Å². The van der Waals surface area contributed by atoms with Crippen LogP contribution in [0.1, 0.15) is 11.1 Å². The van der Waals surface area contributed by atoms with Crippen LogP contribution in [-0.2, 0) is 13.1 Å². The molecule has 0 fully saturated rings. The highest BCUT2D eigenvalue weighted by atomic mass is 19.1. The lowest BCUT2D eigenvalue weighted by molar-refractivity contribution is 0.301. The molecule has 0 aliphatic rings. The molecule has 146 valence electrons. The van der Waals surface area contributed by atoms with Gasteiger partial charge in [0.1, 0.15) is 17.3 Å². The van der Waals surface area contributed by atoms with Crippen LogP contribution in [0.25, 0.3) is 0 Å². The van der Waals surface area contributed by atoms with Crippen molar-refractivity contribution in [2.75, 3.05) is 23.8 Å². The topological polar surface area (TPSA) is 104 Å². The van der Waals surface area contributed by atoms with Gasteiger partial charge in [0.15, 0.2) is 0 Å². The third kappa shape index (κ3) is 4.12. The summed E-state index contributed by atoms with van der Waals surface area (Å²) in [4.78, 5) is 28.5. The zero-order valence-electron chi connectivity index (χ0n) is 15.1. The molecule has 28 heavy (non-hydrogen) atoms. The summed E-state index contributed by atoms with van der Waals surface area (Å²) in [6.45, 7) is -0.0394. The van der Waals surface area contributed by atoms with Gasteiger partial charge in [0, 0.05) is 18.7 Å². The second-order valence-corrected chi connectivity index (χ2v) is 6.30. The van der Waals surface area contributed by atoms with Gasteiger partial charge in [-0.05, 0) is 11.6 Å². The molecule has 8 heteroatoms. The van der Waals surface area contributed by atoms with Gasteiger partial charge in [0.25, 0.3) is 5.56 Å². The van der Waals surface area contributed by atoms with Crippen molar-refractivity contribution >= 4 is 11.5 Å². The van der Waals surface area contributed by atoms with E-state index in [0.717, 1.165) is 5.56 Å². The van der Waals surface area contributed by atoms with Gasteiger partial charge in [-0.1, -0.05) is 48.5 Å². The van der Waals surface area contributed by atoms with E-state index in [1.165, 1.54) is 15.5 Å². The van der Waals surface area contributed by atoms with Crippen molar-refractivity contribution in [1.29, 1.82) is 0 Å². The number of aliphatic hydroxyl groups is 1. The Bertz CT molecular complexity index is 1060. The fraction of sp³-hybridized carbons (Fsp3) is 0.200. The molecule has 0 saturated heterocycles. The predicted molar refractivity (Wildman–Crippen MR) is 106 cm³/mol. The fourth-order valence-corrected chi connectivity index (χ4v) is 3.03. The smallest absolute Gasteiger partial charge is 0.330 e. The molecular weight excluding hydrogens is 363 g/mol. The van der Waals surface area contributed by atoms with Gasteiger partial charge in [-0.3, -0.25) is 14.3 Å². The lowest BCUT2D eigenvalue weighted by Crippen LogP contribution is -2.39. The molecule has 1 aromatic heterocycles. The van der Waals surface area contributed by atoms with Crippen LogP contribution in [-0.4, -0.2) is 27.8 Å². The minimum atomic E-state index is -0.684. The first-order chi connectivity index (χ1) is 13.5. The highest BCUT2D eigenvalue weighted by Gasteiger charge is 2.20. The molecule has 0 amide bonds. The minimum Gasteiger partial charge on any atom is -0.395 e. The summed E-state index contributed by atoms with van der Waals surface area (Å²) < 4.78 is 15.3. The van der Waals surface area contributed by atoms with Crippen molar-refractivity contribution in [3.63, 3.8) is 0 Å². The number of rotatable bonds is 7. The average molecular weight is 384 g/mol. The van der Waals surface area contributed by atoms with Crippen molar-refractivity contribution in [1.82, 2.24) is 9.55 Å². The first-order valence-electron chi connectivity index (χ1n) is 8.77. The van der Waals surface area contributed by atoms with Gasteiger partial charge in [-0.15, -0.1) is 0 Å². The Balaban J connectivity index is 2.05. The number of nitrogens with zero attached hydrogens (tertiary/aromatic N) is 2. The van der Waals surface area contributed by atoms with E-state index in [-0.39, 0.29) is 37.7 Å². The van der Waals surface area contributed by atoms with Crippen molar-refractivity contribution < 1.29 is 9.50 Å². The number of H-pyrrole nitrogens is 1. The maximum absolute atomic E-state index is 14.1. The summed E-state index contributed by atoms with van der Waals surface area (Å²) in [6.07, 6.45) is 0. The number of nitrogen functional groups attached to an aromatic ring is 1. The summed E-state index contributed by atoms with van der Waals surface area (Å²) in [5.74, 6) is -0.472. The van der Waals surface area contributed by atoms with Crippen molar-refractivity contribution in [2.45, 2.75) is 13.1 Å². The second kappa shape index (κ2) is 8.53. The van der Waals surface area contributed by atoms with Gasteiger partial charge in [0.2, 0.25) is 0 Å². The van der Waals surface area contributed by atoms with Crippen LogP contribution in [0.3, 0.4) is 0 Å². The van der Waals surface area contributed by atoms with E-state index in [2.05, 4.69) is 4.98 Å². The van der Waals surface area contributed by atoms with Gasteiger partial charge in [-0.2, -0.15) is 0 Å². The monoisotopic (exact) mass is 384 g/mol.